The number of hydrogen-bond acceptors (Lipinski definition) is 4. The number of carbonyl (C=O) groups is 2. The molecule has 0 aliphatic carbocycles. The zero-order valence-corrected chi connectivity index (χ0v) is 14.8. The van der Waals surface area contributed by atoms with E-state index in [1.807, 2.05) is 13.8 Å². The van der Waals surface area contributed by atoms with Crippen LogP contribution in [0.5, 0.6) is 0 Å². The van der Waals surface area contributed by atoms with E-state index < -0.39 is 5.92 Å². The molecule has 22 heavy (non-hydrogen) atoms. The Bertz CT molecular complexity index is 553. The second-order valence-corrected chi connectivity index (χ2v) is 6.09. The van der Waals surface area contributed by atoms with Crippen LogP contribution in [0.4, 0.5) is 0 Å². The molecule has 1 rings (SSSR count). The van der Waals surface area contributed by atoms with E-state index in [-0.39, 0.29) is 17.8 Å². The minimum absolute atomic E-state index is 0.0346. The van der Waals surface area contributed by atoms with Crippen LogP contribution in [-0.2, 0) is 9.53 Å². The van der Waals surface area contributed by atoms with Crippen LogP contribution in [0.3, 0.4) is 0 Å². The molecule has 0 spiro atoms. The number of amides is 1. The molecule has 120 valence electrons. The van der Waals surface area contributed by atoms with E-state index in [9.17, 15) is 9.59 Å². The molecule has 0 saturated heterocycles. The van der Waals surface area contributed by atoms with E-state index in [2.05, 4.69) is 26.5 Å². The Labute approximate surface area is 139 Å². The summed E-state index contributed by atoms with van der Waals surface area (Å²) in [6.07, 6.45) is 0. The predicted molar refractivity (Wildman–Crippen MR) is 89.7 cm³/mol. The van der Waals surface area contributed by atoms with Crippen molar-refractivity contribution in [3.63, 3.8) is 0 Å². The van der Waals surface area contributed by atoms with Crippen LogP contribution in [0, 0.1) is 11.8 Å². The maximum atomic E-state index is 12.0. The molecule has 1 aromatic rings. The van der Waals surface area contributed by atoms with Gasteiger partial charge in [0, 0.05) is 15.7 Å². The van der Waals surface area contributed by atoms with E-state index in [4.69, 9.17) is 4.74 Å². The van der Waals surface area contributed by atoms with Crippen LogP contribution in [0.1, 0.15) is 38.1 Å². The Morgan fingerprint density at radius 2 is 1.86 bits per heavy atom. The lowest BCUT2D eigenvalue weighted by Crippen LogP contribution is -2.31. The van der Waals surface area contributed by atoms with Crippen LogP contribution in [0.15, 0.2) is 33.8 Å². The Morgan fingerprint density at radius 3 is 2.36 bits per heavy atom. The third-order valence-electron chi connectivity index (χ3n) is 3.10. The van der Waals surface area contributed by atoms with Crippen molar-refractivity contribution in [3.05, 3.63) is 34.3 Å². The Balaban J connectivity index is 2.79. The topological polar surface area (TPSA) is 67.8 Å². The Hall–Kier alpha value is -1.69. The third-order valence-corrected chi connectivity index (χ3v) is 3.63. The molecule has 0 heterocycles. The molecular weight excluding hydrogens is 348 g/mol. The van der Waals surface area contributed by atoms with E-state index >= 15 is 0 Å². The molecule has 1 unspecified atom stereocenters. The zero-order chi connectivity index (χ0) is 16.7. The highest BCUT2D eigenvalue weighted by Gasteiger charge is 2.26. The first kappa shape index (κ1) is 18.4. The molecule has 0 saturated carbocycles. The van der Waals surface area contributed by atoms with Crippen molar-refractivity contribution in [2.24, 2.45) is 16.9 Å². The number of esters is 1. The van der Waals surface area contributed by atoms with Crippen LogP contribution >= 0.6 is 15.9 Å². The van der Waals surface area contributed by atoms with Gasteiger partial charge in [0.2, 0.25) is 0 Å². The molecule has 1 aromatic carbocycles. The van der Waals surface area contributed by atoms with Gasteiger partial charge in [-0.2, -0.15) is 5.10 Å². The Morgan fingerprint density at radius 1 is 1.27 bits per heavy atom. The van der Waals surface area contributed by atoms with Crippen molar-refractivity contribution in [2.45, 2.75) is 27.7 Å². The molecule has 1 amide bonds. The molecule has 5 nitrogen and oxygen atoms in total. The quantitative estimate of drug-likeness (QED) is 0.475. The van der Waals surface area contributed by atoms with Crippen LogP contribution < -0.4 is 5.43 Å². The predicted octanol–water partition coefficient (Wildman–Crippen LogP) is 3.39. The molecule has 0 aromatic heterocycles. The number of benzene rings is 1. The average molecular weight is 369 g/mol. The van der Waals surface area contributed by atoms with Crippen molar-refractivity contribution in [3.8, 4) is 0 Å². The number of hydrazone groups is 1. The van der Waals surface area contributed by atoms with Gasteiger partial charge in [-0.15, -0.1) is 0 Å². The smallest absolute Gasteiger partial charge is 0.314 e. The van der Waals surface area contributed by atoms with Crippen molar-refractivity contribution in [2.75, 3.05) is 6.61 Å². The summed E-state index contributed by atoms with van der Waals surface area (Å²) in [6, 6.07) is 6.94. The van der Waals surface area contributed by atoms with Crippen molar-refractivity contribution in [1.29, 1.82) is 0 Å². The molecule has 0 aliphatic rings. The summed E-state index contributed by atoms with van der Waals surface area (Å²) < 4.78 is 5.95. The number of carbonyl (C=O) groups excluding carboxylic acids is 2. The van der Waals surface area contributed by atoms with Gasteiger partial charge in [0.1, 0.15) is 0 Å². The number of nitrogens with zero attached hydrogens (tertiary/aromatic N) is 1. The van der Waals surface area contributed by atoms with Crippen molar-refractivity contribution < 1.29 is 14.3 Å². The summed E-state index contributed by atoms with van der Waals surface area (Å²) in [7, 11) is 0. The van der Waals surface area contributed by atoms with Gasteiger partial charge in [0.15, 0.2) is 0 Å². The molecular formula is C16H21BrN2O3. The summed E-state index contributed by atoms with van der Waals surface area (Å²) >= 11 is 3.31. The van der Waals surface area contributed by atoms with Gasteiger partial charge < -0.3 is 4.74 Å². The maximum Gasteiger partial charge on any atom is 0.314 e. The lowest BCUT2D eigenvalue weighted by atomic mass is 9.92. The molecule has 1 atom stereocenters. The summed E-state index contributed by atoms with van der Waals surface area (Å²) in [5.41, 5.74) is 3.50. The second-order valence-electron chi connectivity index (χ2n) is 5.17. The van der Waals surface area contributed by atoms with Gasteiger partial charge in [0.25, 0.3) is 5.91 Å². The molecule has 0 radical (unpaired) electrons. The van der Waals surface area contributed by atoms with Crippen LogP contribution in [0.2, 0.25) is 0 Å². The number of halogens is 1. The molecule has 6 heteroatoms. The van der Waals surface area contributed by atoms with Crippen molar-refractivity contribution in [1.82, 2.24) is 5.43 Å². The summed E-state index contributed by atoms with van der Waals surface area (Å²) in [6.45, 7) is 7.62. The molecule has 0 aliphatic heterocycles. The van der Waals surface area contributed by atoms with Gasteiger partial charge >= 0.3 is 5.97 Å². The highest BCUT2D eigenvalue weighted by Crippen LogP contribution is 2.15. The number of hydrogen-bond donors (Lipinski definition) is 1. The average Bonchev–Trinajstić information content (AvgIpc) is 2.45. The van der Waals surface area contributed by atoms with E-state index in [1.54, 1.807) is 38.1 Å². The minimum Gasteiger partial charge on any atom is -0.465 e. The highest BCUT2D eigenvalue weighted by molar-refractivity contribution is 9.10. The summed E-state index contributed by atoms with van der Waals surface area (Å²) in [4.78, 5) is 24.0. The maximum absolute atomic E-state index is 12.0. The lowest BCUT2D eigenvalue weighted by Gasteiger charge is -2.18. The first-order chi connectivity index (χ1) is 10.4. The largest absolute Gasteiger partial charge is 0.465 e. The first-order valence-electron chi connectivity index (χ1n) is 7.13. The first-order valence-corrected chi connectivity index (χ1v) is 7.92. The molecule has 1 N–H and O–H groups in total. The van der Waals surface area contributed by atoms with Gasteiger partial charge in [-0.05, 0) is 44.0 Å². The van der Waals surface area contributed by atoms with Gasteiger partial charge in [0.05, 0.1) is 12.5 Å². The fourth-order valence-corrected chi connectivity index (χ4v) is 2.30. The standard InChI is InChI=1S/C16H21BrN2O3/c1-5-22-16(21)14(10(2)3)11(4)18-19-15(20)12-6-8-13(17)9-7-12/h6-10,14H,5H2,1-4H3,(H,19,20)/b18-11-. The van der Waals surface area contributed by atoms with Crippen molar-refractivity contribution >= 4 is 33.5 Å². The zero-order valence-electron chi connectivity index (χ0n) is 13.2. The highest BCUT2D eigenvalue weighted by atomic mass is 79.9. The number of ether oxygens (including phenoxy) is 1. The second kappa shape index (κ2) is 8.68. The van der Waals surface area contributed by atoms with Gasteiger partial charge in [-0.3, -0.25) is 9.59 Å². The fraction of sp³-hybridized carbons (Fsp3) is 0.438. The molecule has 0 bridgehead atoms. The van der Waals surface area contributed by atoms with Gasteiger partial charge in [-0.25, -0.2) is 5.43 Å². The normalized spacial score (nSPS) is 12.9. The third kappa shape index (κ3) is 5.26. The minimum atomic E-state index is -0.467. The molecule has 0 fully saturated rings. The van der Waals surface area contributed by atoms with E-state index in [0.717, 1.165) is 4.47 Å². The number of rotatable bonds is 6. The summed E-state index contributed by atoms with van der Waals surface area (Å²) in [5.74, 6) is -1.08. The van der Waals surface area contributed by atoms with E-state index in [0.29, 0.717) is 17.9 Å². The lowest BCUT2D eigenvalue weighted by molar-refractivity contribution is -0.146. The van der Waals surface area contributed by atoms with Crippen LogP contribution in [-0.4, -0.2) is 24.2 Å². The number of nitrogens with one attached hydrogen (secondary N) is 1. The summed E-state index contributed by atoms with van der Waals surface area (Å²) in [5, 5.41) is 4.05. The SMILES string of the molecule is CCOC(=O)C(/C(C)=N\NC(=O)c1ccc(Br)cc1)C(C)C. The van der Waals surface area contributed by atoms with Gasteiger partial charge in [-0.1, -0.05) is 29.8 Å². The Kier molecular flexibility index (Phi) is 7.24. The van der Waals surface area contributed by atoms with Crippen LogP contribution in [0.25, 0.3) is 0 Å². The van der Waals surface area contributed by atoms with E-state index in [1.165, 1.54) is 0 Å². The monoisotopic (exact) mass is 368 g/mol. The fourth-order valence-electron chi connectivity index (χ4n) is 2.03.